The molecular formula is C20H21N7O4S. The normalized spacial score (nSPS) is 12.5. The van der Waals surface area contributed by atoms with Crippen molar-refractivity contribution in [2.24, 2.45) is 5.10 Å². The molecule has 1 aromatic heterocycles. The molecule has 0 saturated carbocycles. The Hall–Kier alpha value is -3.93. The largest absolute Gasteiger partial charge is 0.496 e. The third-order valence-electron chi connectivity index (χ3n) is 4.33. The molecule has 3 aromatic rings. The van der Waals surface area contributed by atoms with E-state index < -0.39 is 0 Å². The highest BCUT2D eigenvalue weighted by Gasteiger charge is 2.15. The minimum atomic E-state index is -0.224. The average molecular weight is 456 g/mol. The summed E-state index contributed by atoms with van der Waals surface area (Å²) in [7, 11) is 1.59. The van der Waals surface area contributed by atoms with E-state index in [1.54, 1.807) is 31.5 Å². The van der Waals surface area contributed by atoms with Crippen LogP contribution in [-0.2, 0) is 4.79 Å². The number of rotatable bonds is 8. The van der Waals surface area contributed by atoms with Gasteiger partial charge in [0.2, 0.25) is 11.1 Å². The molecule has 2 aromatic carbocycles. The first kappa shape index (κ1) is 21.3. The van der Waals surface area contributed by atoms with Crippen molar-refractivity contribution < 1.29 is 19.0 Å². The van der Waals surface area contributed by atoms with Gasteiger partial charge in [0.05, 0.1) is 19.1 Å². The van der Waals surface area contributed by atoms with Crippen molar-refractivity contribution in [3.05, 3.63) is 48.0 Å². The lowest BCUT2D eigenvalue weighted by atomic mass is 10.2. The smallest absolute Gasteiger partial charge is 0.264 e. The van der Waals surface area contributed by atoms with Crippen LogP contribution >= 0.6 is 11.8 Å². The third-order valence-corrected chi connectivity index (χ3v) is 5.27. The zero-order chi connectivity index (χ0) is 22.3. The van der Waals surface area contributed by atoms with Gasteiger partial charge in [0.1, 0.15) is 19.0 Å². The number of thioether (sulfide) groups is 1. The fourth-order valence-corrected chi connectivity index (χ4v) is 3.49. The van der Waals surface area contributed by atoms with Crippen molar-refractivity contribution in [2.45, 2.75) is 5.16 Å². The second-order valence-corrected chi connectivity index (χ2v) is 7.43. The third kappa shape index (κ3) is 5.03. The molecule has 1 aliphatic heterocycles. The Labute approximate surface area is 187 Å². The molecule has 0 saturated heterocycles. The molecule has 166 valence electrons. The first-order chi connectivity index (χ1) is 15.6. The molecule has 0 atom stereocenters. The van der Waals surface area contributed by atoms with E-state index in [-0.39, 0.29) is 17.6 Å². The van der Waals surface area contributed by atoms with E-state index in [9.17, 15) is 4.79 Å². The summed E-state index contributed by atoms with van der Waals surface area (Å²) >= 11 is 1.14. The summed E-state index contributed by atoms with van der Waals surface area (Å²) in [4.78, 5) is 12.3. The number of methoxy groups -OCH3 is 1. The second kappa shape index (κ2) is 9.92. The number of nitrogens with zero attached hydrogens (tertiary/aromatic N) is 4. The number of carbonyl (C=O) groups is 1. The molecule has 0 aliphatic carbocycles. The molecule has 12 heteroatoms. The van der Waals surface area contributed by atoms with Crippen LogP contribution in [0.2, 0.25) is 0 Å². The van der Waals surface area contributed by atoms with Crippen LogP contribution in [-0.4, -0.2) is 53.1 Å². The van der Waals surface area contributed by atoms with Gasteiger partial charge < -0.3 is 25.4 Å². The number of hydrogen-bond acceptors (Lipinski definition) is 10. The summed E-state index contributed by atoms with van der Waals surface area (Å²) in [6.45, 7) is 0.990. The highest BCUT2D eigenvalue weighted by atomic mass is 32.2. The van der Waals surface area contributed by atoms with Crippen LogP contribution in [0.5, 0.6) is 17.2 Å². The van der Waals surface area contributed by atoms with E-state index >= 15 is 0 Å². The van der Waals surface area contributed by atoms with Crippen molar-refractivity contribution in [3.63, 3.8) is 0 Å². The Morgan fingerprint density at radius 2 is 2.06 bits per heavy atom. The maximum Gasteiger partial charge on any atom is 0.264 e. The summed E-state index contributed by atoms with van der Waals surface area (Å²) in [5, 5.41) is 15.2. The van der Waals surface area contributed by atoms with Crippen LogP contribution < -0.4 is 30.8 Å². The highest BCUT2D eigenvalue weighted by Crippen LogP contribution is 2.32. The number of anilines is 2. The summed E-state index contributed by atoms with van der Waals surface area (Å²) in [5.74, 6) is 8.05. The Balaban J connectivity index is 1.31. The van der Waals surface area contributed by atoms with Gasteiger partial charge in [0.25, 0.3) is 5.95 Å². The quantitative estimate of drug-likeness (QED) is 0.201. The molecule has 11 nitrogen and oxygen atoms in total. The summed E-state index contributed by atoms with van der Waals surface area (Å²) < 4.78 is 17.5. The lowest BCUT2D eigenvalue weighted by molar-refractivity contribution is -0.113. The molecule has 4 rings (SSSR count). The standard InChI is InChI=1S/C20H21N7O4S/c1-29-15-5-3-2-4-13(15)11-22-24-19-25-26-20(27(19)21)32-12-18(28)23-14-6-7-16-17(10-14)31-9-8-30-16/h2-7,10-11H,8-9,12,21H2,1H3,(H,23,28)(H,24,25)/b22-11+. The number of fused-ring (bicyclic) bond motifs is 1. The summed E-state index contributed by atoms with van der Waals surface area (Å²) in [6, 6.07) is 12.7. The van der Waals surface area contributed by atoms with E-state index in [1.807, 2.05) is 24.3 Å². The number of aromatic nitrogens is 3. The first-order valence-electron chi connectivity index (χ1n) is 9.59. The number of hydrogen-bond donors (Lipinski definition) is 3. The lowest BCUT2D eigenvalue weighted by Crippen LogP contribution is -2.18. The van der Waals surface area contributed by atoms with E-state index in [2.05, 4.69) is 26.0 Å². The molecule has 0 spiro atoms. The number of para-hydroxylation sites is 1. The molecule has 2 heterocycles. The fourth-order valence-electron chi connectivity index (χ4n) is 2.83. The number of ether oxygens (including phenoxy) is 3. The zero-order valence-corrected chi connectivity index (χ0v) is 18.0. The minimum absolute atomic E-state index is 0.0915. The van der Waals surface area contributed by atoms with E-state index in [1.165, 1.54) is 4.68 Å². The van der Waals surface area contributed by atoms with Crippen LogP contribution in [0.15, 0.2) is 52.7 Å². The van der Waals surface area contributed by atoms with Crippen LogP contribution in [0.1, 0.15) is 5.56 Å². The molecule has 1 amide bonds. The predicted octanol–water partition coefficient (Wildman–Crippen LogP) is 1.95. The Kier molecular flexibility index (Phi) is 6.60. The van der Waals surface area contributed by atoms with E-state index in [0.29, 0.717) is 41.3 Å². The van der Waals surface area contributed by atoms with Crippen molar-refractivity contribution >= 4 is 35.5 Å². The number of nitrogens with one attached hydrogen (secondary N) is 2. The number of carbonyl (C=O) groups excluding carboxylic acids is 1. The van der Waals surface area contributed by atoms with Gasteiger partial charge in [-0.25, -0.2) is 10.1 Å². The topological polar surface area (TPSA) is 138 Å². The molecule has 0 fully saturated rings. The molecule has 0 radical (unpaired) electrons. The summed E-state index contributed by atoms with van der Waals surface area (Å²) in [5.41, 5.74) is 4.13. The molecule has 0 bridgehead atoms. The average Bonchev–Trinajstić information content (AvgIpc) is 3.17. The van der Waals surface area contributed by atoms with Gasteiger partial charge in [-0.3, -0.25) is 4.79 Å². The van der Waals surface area contributed by atoms with Gasteiger partial charge in [-0.1, -0.05) is 23.9 Å². The fraction of sp³-hybridized carbons (Fsp3) is 0.200. The SMILES string of the molecule is COc1ccccc1/C=N/Nc1nnc(SCC(=O)Nc2ccc3c(c2)OCCO3)n1N. The number of amides is 1. The maximum absolute atomic E-state index is 12.3. The van der Waals surface area contributed by atoms with Gasteiger partial charge in [-0.2, -0.15) is 5.10 Å². The van der Waals surface area contributed by atoms with Crippen LogP contribution in [0.3, 0.4) is 0 Å². The van der Waals surface area contributed by atoms with Gasteiger partial charge in [0.15, 0.2) is 11.5 Å². The van der Waals surface area contributed by atoms with Gasteiger partial charge in [0, 0.05) is 17.3 Å². The molecule has 0 unspecified atom stereocenters. The Morgan fingerprint density at radius 3 is 2.91 bits per heavy atom. The maximum atomic E-state index is 12.3. The Morgan fingerprint density at radius 1 is 1.25 bits per heavy atom. The van der Waals surface area contributed by atoms with Crippen molar-refractivity contribution in [1.29, 1.82) is 0 Å². The van der Waals surface area contributed by atoms with Gasteiger partial charge in [-0.15, -0.1) is 10.2 Å². The molecular weight excluding hydrogens is 434 g/mol. The van der Waals surface area contributed by atoms with Crippen molar-refractivity contribution in [1.82, 2.24) is 14.9 Å². The second-order valence-electron chi connectivity index (χ2n) is 6.48. The molecule has 32 heavy (non-hydrogen) atoms. The molecule has 4 N–H and O–H groups in total. The van der Waals surface area contributed by atoms with E-state index in [0.717, 1.165) is 17.3 Å². The zero-order valence-electron chi connectivity index (χ0n) is 17.1. The number of nitrogen functional groups attached to an aromatic ring is 1. The monoisotopic (exact) mass is 455 g/mol. The highest BCUT2D eigenvalue weighted by molar-refractivity contribution is 7.99. The Bertz CT molecular complexity index is 1130. The van der Waals surface area contributed by atoms with Gasteiger partial charge in [-0.05, 0) is 24.3 Å². The molecule has 1 aliphatic rings. The van der Waals surface area contributed by atoms with Crippen LogP contribution in [0.4, 0.5) is 11.6 Å². The van der Waals surface area contributed by atoms with Crippen molar-refractivity contribution in [3.8, 4) is 17.2 Å². The van der Waals surface area contributed by atoms with E-state index in [4.69, 9.17) is 20.1 Å². The first-order valence-corrected chi connectivity index (χ1v) is 10.6. The minimum Gasteiger partial charge on any atom is -0.496 e. The number of benzene rings is 2. The number of nitrogens with two attached hydrogens (primary N) is 1. The number of hydrazone groups is 1. The van der Waals surface area contributed by atoms with Crippen LogP contribution in [0.25, 0.3) is 0 Å². The van der Waals surface area contributed by atoms with Crippen LogP contribution in [0, 0.1) is 0 Å². The van der Waals surface area contributed by atoms with Crippen molar-refractivity contribution in [2.75, 3.05) is 42.7 Å². The predicted molar refractivity (Wildman–Crippen MR) is 121 cm³/mol. The van der Waals surface area contributed by atoms with Gasteiger partial charge >= 0.3 is 0 Å². The lowest BCUT2D eigenvalue weighted by Gasteiger charge is -2.18. The summed E-state index contributed by atoms with van der Waals surface area (Å²) in [6.07, 6.45) is 1.58.